The summed E-state index contributed by atoms with van der Waals surface area (Å²) in [7, 11) is 0. The van der Waals surface area contributed by atoms with Crippen molar-refractivity contribution in [3.05, 3.63) is 34.9 Å². The number of aliphatic hydroxyl groups is 2. The lowest BCUT2D eigenvalue weighted by atomic mass is 9.92. The van der Waals surface area contributed by atoms with Gasteiger partial charge in [-0.25, -0.2) is 14.4 Å². The first-order valence-corrected chi connectivity index (χ1v) is 9.82. The fourth-order valence-electron chi connectivity index (χ4n) is 3.34. The third-order valence-corrected chi connectivity index (χ3v) is 4.46. The molecule has 166 valence electrons. The van der Waals surface area contributed by atoms with Crippen molar-refractivity contribution in [2.45, 2.75) is 65.0 Å². The van der Waals surface area contributed by atoms with E-state index in [-0.39, 0.29) is 25.3 Å². The first-order chi connectivity index (χ1) is 14.0. The number of nitrogens with zero attached hydrogens (tertiary/aromatic N) is 1. The Morgan fingerprint density at radius 2 is 1.70 bits per heavy atom. The number of carbonyl (C=O) groups is 3. The van der Waals surface area contributed by atoms with Gasteiger partial charge in [-0.05, 0) is 51.3 Å². The molecule has 0 saturated heterocycles. The second-order valence-electron chi connectivity index (χ2n) is 7.82. The molecule has 0 radical (unpaired) electrons. The van der Waals surface area contributed by atoms with Crippen molar-refractivity contribution in [3.8, 4) is 0 Å². The normalized spacial score (nSPS) is 17.7. The van der Waals surface area contributed by atoms with Crippen LogP contribution in [0, 0.1) is 0 Å². The van der Waals surface area contributed by atoms with Gasteiger partial charge in [0.05, 0.1) is 25.8 Å². The summed E-state index contributed by atoms with van der Waals surface area (Å²) < 4.78 is 15.2. The van der Waals surface area contributed by atoms with E-state index in [1.807, 2.05) is 0 Å². The molecule has 1 amide bonds. The molecule has 0 fully saturated rings. The Hall–Kier alpha value is -2.65. The van der Waals surface area contributed by atoms with Crippen LogP contribution in [0.4, 0.5) is 4.79 Å². The number of hydrogen-bond acceptors (Lipinski definition) is 8. The third-order valence-electron chi connectivity index (χ3n) is 4.46. The van der Waals surface area contributed by atoms with Crippen LogP contribution >= 0.6 is 0 Å². The van der Waals surface area contributed by atoms with E-state index in [4.69, 9.17) is 14.2 Å². The van der Waals surface area contributed by atoms with Gasteiger partial charge in [0.15, 0.2) is 12.2 Å². The minimum Gasteiger partial charge on any atom is -0.464 e. The number of amides is 1. The first-order valence-electron chi connectivity index (χ1n) is 9.82. The van der Waals surface area contributed by atoms with E-state index in [2.05, 4.69) is 0 Å². The van der Waals surface area contributed by atoms with E-state index in [0.29, 0.717) is 11.1 Å². The number of benzene rings is 1. The van der Waals surface area contributed by atoms with Crippen LogP contribution < -0.4 is 0 Å². The zero-order valence-electron chi connectivity index (χ0n) is 17.9. The molecule has 1 aromatic rings. The minimum atomic E-state index is -1.74. The van der Waals surface area contributed by atoms with E-state index < -0.39 is 41.9 Å². The molecule has 1 aliphatic rings. The maximum Gasteiger partial charge on any atom is 0.411 e. The Bertz CT molecular complexity index is 801. The molecule has 0 aliphatic carbocycles. The number of rotatable bonds is 6. The maximum atomic E-state index is 12.8. The second-order valence-corrected chi connectivity index (χ2v) is 7.82. The summed E-state index contributed by atoms with van der Waals surface area (Å²) >= 11 is 0. The monoisotopic (exact) mass is 423 g/mol. The number of carbonyl (C=O) groups excluding carboxylic acids is 3. The molecular formula is C21H29NO8. The average Bonchev–Trinajstić information content (AvgIpc) is 3.05. The van der Waals surface area contributed by atoms with Crippen LogP contribution in [0.1, 0.15) is 63.5 Å². The van der Waals surface area contributed by atoms with Gasteiger partial charge in [-0.15, -0.1) is 0 Å². The molecule has 0 bridgehead atoms. The van der Waals surface area contributed by atoms with Crippen LogP contribution in [-0.4, -0.2) is 58.1 Å². The highest BCUT2D eigenvalue weighted by molar-refractivity contribution is 5.81. The smallest absolute Gasteiger partial charge is 0.411 e. The Morgan fingerprint density at radius 3 is 2.27 bits per heavy atom. The van der Waals surface area contributed by atoms with Gasteiger partial charge in [-0.2, -0.15) is 0 Å². The zero-order chi connectivity index (χ0) is 22.6. The van der Waals surface area contributed by atoms with Crippen molar-refractivity contribution in [1.29, 1.82) is 0 Å². The molecule has 2 rings (SSSR count). The second kappa shape index (κ2) is 9.44. The topological polar surface area (TPSA) is 123 Å². The molecular weight excluding hydrogens is 394 g/mol. The largest absolute Gasteiger partial charge is 0.464 e. The van der Waals surface area contributed by atoms with Gasteiger partial charge in [0.1, 0.15) is 5.60 Å². The van der Waals surface area contributed by atoms with Crippen LogP contribution in [0.5, 0.6) is 0 Å². The Labute approximate surface area is 175 Å². The van der Waals surface area contributed by atoms with Crippen LogP contribution in [0.2, 0.25) is 0 Å². The van der Waals surface area contributed by atoms with E-state index in [9.17, 15) is 24.6 Å². The Morgan fingerprint density at radius 1 is 1.10 bits per heavy atom. The lowest BCUT2D eigenvalue weighted by Crippen LogP contribution is -2.43. The molecule has 1 aliphatic heterocycles. The van der Waals surface area contributed by atoms with Gasteiger partial charge in [-0.3, -0.25) is 4.90 Å². The summed E-state index contributed by atoms with van der Waals surface area (Å²) in [5.41, 5.74) is 0.198. The average molecular weight is 423 g/mol. The van der Waals surface area contributed by atoms with Crippen LogP contribution in [0.15, 0.2) is 18.2 Å². The molecule has 30 heavy (non-hydrogen) atoms. The molecule has 3 unspecified atom stereocenters. The van der Waals surface area contributed by atoms with Gasteiger partial charge in [0.25, 0.3) is 0 Å². The summed E-state index contributed by atoms with van der Waals surface area (Å²) in [5, 5.41) is 21.3. The third kappa shape index (κ3) is 5.09. The number of ether oxygens (including phenoxy) is 3. The van der Waals surface area contributed by atoms with Crippen molar-refractivity contribution in [2.24, 2.45) is 0 Å². The fourth-order valence-corrected chi connectivity index (χ4v) is 3.34. The summed E-state index contributed by atoms with van der Waals surface area (Å²) in [5.74, 6) is -1.80. The van der Waals surface area contributed by atoms with Gasteiger partial charge in [0.2, 0.25) is 0 Å². The molecule has 3 atom stereocenters. The quantitative estimate of drug-likeness (QED) is 0.526. The summed E-state index contributed by atoms with van der Waals surface area (Å²) in [4.78, 5) is 38.5. The zero-order valence-corrected chi connectivity index (χ0v) is 17.9. The Balaban J connectivity index is 2.53. The van der Waals surface area contributed by atoms with Crippen molar-refractivity contribution >= 4 is 18.0 Å². The molecule has 9 nitrogen and oxygen atoms in total. The molecule has 1 heterocycles. The molecule has 0 spiro atoms. The lowest BCUT2D eigenvalue weighted by molar-refractivity contribution is -0.156. The van der Waals surface area contributed by atoms with Crippen molar-refractivity contribution < 1.29 is 38.8 Å². The predicted octanol–water partition coefficient (Wildman–Crippen LogP) is 2.00. The van der Waals surface area contributed by atoms with E-state index in [0.717, 1.165) is 0 Å². The van der Waals surface area contributed by atoms with E-state index in [1.54, 1.807) is 46.8 Å². The molecule has 1 aromatic carbocycles. The SMILES string of the molecule is CCOC(=O)C(O)c1cccc2c1C(C(O)C(=O)OCC)N(C(=O)OC(C)(C)C)C2. The van der Waals surface area contributed by atoms with Gasteiger partial charge < -0.3 is 24.4 Å². The first kappa shape index (κ1) is 23.6. The van der Waals surface area contributed by atoms with E-state index in [1.165, 1.54) is 11.0 Å². The fraction of sp³-hybridized carbons (Fsp3) is 0.571. The highest BCUT2D eigenvalue weighted by Gasteiger charge is 2.45. The molecule has 0 saturated carbocycles. The number of aliphatic hydroxyl groups excluding tert-OH is 2. The summed E-state index contributed by atoms with van der Waals surface area (Å²) in [6, 6.07) is 3.59. The van der Waals surface area contributed by atoms with Gasteiger partial charge in [-0.1, -0.05) is 18.2 Å². The predicted molar refractivity (Wildman–Crippen MR) is 105 cm³/mol. The van der Waals surface area contributed by atoms with E-state index >= 15 is 0 Å². The Kier molecular flexibility index (Phi) is 7.44. The number of hydrogen-bond donors (Lipinski definition) is 2. The van der Waals surface area contributed by atoms with Gasteiger partial charge in [0, 0.05) is 0 Å². The lowest BCUT2D eigenvalue weighted by Gasteiger charge is -2.31. The highest BCUT2D eigenvalue weighted by atomic mass is 16.6. The molecule has 0 aromatic heterocycles. The molecule has 9 heteroatoms. The maximum absolute atomic E-state index is 12.8. The van der Waals surface area contributed by atoms with Crippen LogP contribution in [-0.2, 0) is 30.3 Å². The molecule has 2 N–H and O–H groups in total. The van der Waals surface area contributed by atoms with Gasteiger partial charge >= 0.3 is 18.0 Å². The summed E-state index contributed by atoms with van der Waals surface area (Å²) in [6.45, 7) is 8.42. The highest BCUT2D eigenvalue weighted by Crippen LogP contribution is 2.41. The standard InChI is InChI=1S/C21H29NO8/c1-6-28-18(25)16(23)13-10-8-9-12-11-22(20(27)30-21(3,4)5)15(14(12)13)17(24)19(26)29-7-2/h8-10,15-17,23-24H,6-7,11H2,1-5H3. The number of esters is 2. The summed E-state index contributed by atoms with van der Waals surface area (Å²) in [6.07, 6.45) is -4.13. The minimum absolute atomic E-state index is 0.0226. The number of fused-ring (bicyclic) bond motifs is 1. The van der Waals surface area contributed by atoms with Crippen molar-refractivity contribution in [3.63, 3.8) is 0 Å². The van der Waals surface area contributed by atoms with Crippen molar-refractivity contribution in [2.75, 3.05) is 13.2 Å². The van der Waals surface area contributed by atoms with Crippen LogP contribution in [0.3, 0.4) is 0 Å². The van der Waals surface area contributed by atoms with Crippen molar-refractivity contribution in [1.82, 2.24) is 4.90 Å². The van der Waals surface area contributed by atoms with Crippen LogP contribution in [0.25, 0.3) is 0 Å².